The maximum atomic E-state index is 12.7. The summed E-state index contributed by atoms with van der Waals surface area (Å²) in [6, 6.07) is 13.5. The molecule has 1 aliphatic rings. The fourth-order valence-electron chi connectivity index (χ4n) is 3.84. The summed E-state index contributed by atoms with van der Waals surface area (Å²) in [5.41, 5.74) is 4.34. The van der Waals surface area contributed by atoms with Crippen LogP contribution in [0.3, 0.4) is 0 Å². The highest BCUT2D eigenvalue weighted by atomic mass is 16.5. The third kappa shape index (κ3) is 4.97. The Morgan fingerprint density at radius 1 is 1.07 bits per heavy atom. The molecule has 0 spiro atoms. The zero-order valence-electron chi connectivity index (χ0n) is 17.5. The van der Waals surface area contributed by atoms with Gasteiger partial charge in [-0.3, -0.25) is 4.79 Å². The van der Waals surface area contributed by atoms with Crippen molar-refractivity contribution in [3.05, 3.63) is 59.2 Å². The second-order valence-corrected chi connectivity index (χ2v) is 7.64. The molecule has 0 aromatic heterocycles. The molecule has 0 saturated carbocycles. The number of piperidine rings is 1. The van der Waals surface area contributed by atoms with Gasteiger partial charge in [-0.25, -0.2) is 4.79 Å². The van der Waals surface area contributed by atoms with Crippen molar-refractivity contribution >= 4 is 23.3 Å². The number of amides is 1. The first kappa shape index (κ1) is 20.9. The molecule has 1 saturated heterocycles. The van der Waals surface area contributed by atoms with Crippen molar-refractivity contribution in [3.63, 3.8) is 0 Å². The van der Waals surface area contributed by atoms with Crippen molar-refractivity contribution in [3.8, 4) is 0 Å². The lowest BCUT2D eigenvalue weighted by Gasteiger charge is -2.35. The number of esters is 1. The Morgan fingerprint density at radius 3 is 2.62 bits per heavy atom. The molecule has 154 valence electrons. The predicted octanol–water partition coefficient (Wildman–Crippen LogP) is 4.99. The van der Waals surface area contributed by atoms with Crippen LogP contribution in [0, 0.1) is 13.8 Å². The summed E-state index contributed by atoms with van der Waals surface area (Å²) in [7, 11) is 0. The molecule has 5 nitrogen and oxygen atoms in total. The highest BCUT2D eigenvalue weighted by Crippen LogP contribution is 2.26. The molecule has 1 aliphatic heterocycles. The van der Waals surface area contributed by atoms with Crippen LogP contribution in [0.2, 0.25) is 0 Å². The maximum absolute atomic E-state index is 12.7. The number of likely N-dealkylation sites (tertiary alicyclic amines) is 1. The minimum absolute atomic E-state index is 0.107. The summed E-state index contributed by atoms with van der Waals surface area (Å²) < 4.78 is 5.40. The van der Waals surface area contributed by atoms with Gasteiger partial charge in [-0.05, 0) is 68.9 Å². The third-order valence-electron chi connectivity index (χ3n) is 5.77. The van der Waals surface area contributed by atoms with Crippen molar-refractivity contribution in [1.82, 2.24) is 4.90 Å². The molecule has 2 aromatic rings. The van der Waals surface area contributed by atoms with E-state index < -0.39 is 5.97 Å². The number of rotatable bonds is 6. The van der Waals surface area contributed by atoms with E-state index in [-0.39, 0.29) is 18.6 Å². The van der Waals surface area contributed by atoms with Gasteiger partial charge in [0.1, 0.15) is 0 Å². The average Bonchev–Trinajstić information content (AvgIpc) is 2.75. The summed E-state index contributed by atoms with van der Waals surface area (Å²) in [6.45, 7) is 6.72. The van der Waals surface area contributed by atoms with Gasteiger partial charge in [-0.1, -0.05) is 31.2 Å². The standard InChI is InChI=1S/C24H30N2O3/c1-4-19-11-7-8-15-26(19)23(27)16-29-24(28)20-12-5-6-13-22(20)25-21-14-9-10-17(2)18(21)3/h5-6,9-10,12-14,19,25H,4,7-8,11,15-16H2,1-3H3/t19-/m0/s1. The van der Waals surface area contributed by atoms with Crippen molar-refractivity contribution in [2.75, 3.05) is 18.5 Å². The zero-order valence-corrected chi connectivity index (χ0v) is 17.5. The number of carbonyl (C=O) groups excluding carboxylic acids is 2. The van der Waals surface area contributed by atoms with Crippen LogP contribution >= 0.6 is 0 Å². The Hall–Kier alpha value is -2.82. The van der Waals surface area contributed by atoms with E-state index in [0.717, 1.165) is 43.5 Å². The Balaban J connectivity index is 1.68. The number of hydrogen-bond donors (Lipinski definition) is 1. The molecular formula is C24H30N2O3. The molecule has 1 amide bonds. The summed E-state index contributed by atoms with van der Waals surface area (Å²) in [5, 5.41) is 3.33. The van der Waals surface area contributed by atoms with E-state index in [1.807, 2.05) is 36.1 Å². The molecule has 0 unspecified atom stereocenters. The highest BCUT2D eigenvalue weighted by Gasteiger charge is 2.26. The van der Waals surface area contributed by atoms with Crippen LogP contribution in [0.25, 0.3) is 0 Å². The first-order valence-corrected chi connectivity index (χ1v) is 10.4. The summed E-state index contributed by atoms with van der Waals surface area (Å²) >= 11 is 0. The van der Waals surface area contributed by atoms with Crippen LogP contribution in [0.15, 0.2) is 42.5 Å². The fourth-order valence-corrected chi connectivity index (χ4v) is 3.84. The van der Waals surface area contributed by atoms with Gasteiger partial charge in [0.2, 0.25) is 0 Å². The number of benzene rings is 2. The van der Waals surface area contributed by atoms with Crippen molar-refractivity contribution in [2.45, 2.75) is 52.5 Å². The monoisotopic (exact) mass is 394 g/mol. The lowest BCUT2D eigenvalue weighted by molar-refractivity contribution is -0.138. The van der Waals surface area contributed by atoms with Gasteiger partial charge in [-0.2, -0.15) is 0 Å². The molecule has 0 aliphatic carbocycles. The Morgan fingerprint density at radius 2 is 1.83 bits per heavy atom. The van der Waals surface area contributed by atoms with Crippen LogP contribution in [0.4, 0.5) is 11.4 Å². The number of para-hydroxylation sites is 1. The van der Waals surface area contributed by atoms with E-state index >= 15 is 0 Å². The molecule has 1 fully saturated rings. The molecule has 2 aromatic carbocycles. The number of ether oxygens (including phenoxy) is 1. The van der Waals surface area contributed by atoms with E-state index in [0.29, 0.717) is 11.3 Å². The van der Waals surface area contributed by atoms with E-state index in [1.54, 1.807) is 12.1 Å². The maximum Gasteiger partial charge on any atom is 0.340 e. The van der Waals surface area contributed by atoms with Gasteiger partial charge in [0.25, 0.3) is 5.91 Å². The van der Waals surface area contributed by atoms with E-state index in [1.165, 1.54) is 5.56 Å². The third-order valence-corrected chi connectivity index (χ3v) is 5.77. The SMILES string of the molecule is CC[C@H]1CCCCN1C(=O)COC(=O)c1ccccc1Nc1cccc(C)c1C. The molecule has 3 rings (SSSR count). The molecule has 5 heteroatoms. The Bertz CT molecular complexity index is 878. The lowest BCUT2D eigenvalue weighted by atomic mass is 10.00. The van der Waals surface area contributed by atoms with Crippen molar-refractivity contribution in [2.24, 2.45) is 0 Å². The van der Waals surface area contributed by atoms with Crippen LogP contribution in [0.5, 0.6) is 0 Å². The zero-order chi connectivity index (χ0) is 20.8. The average molecular weight is 395 g/mol. The van der Waals surface area contributed by atoms with Gasteiger partial charge in [0.15, 0.2) is 6.61 Å². The minimum atomic E-state index is -0.489. The van der Waals surface area contributed by atoms with Gasteiger partial charge in [0.05, 0.1) is 11.3 Å². The highest BCUT2D eigenvalue weighted by molar-refractivity contribution is 5.97. The second-order valence-electron chi connectivity index (χ2n) is 7.64. The fraction of sp³-hybridized carbons (Fsp3) is 0.417. The Kier molecular flexibility index (Phi) is 6.91. The van der Waals surface area contributed by atoms with Crippen molar-refractivity contribution in [1.29, 1.82) is 0 Å². The second kappa shape index (κ2) is 9.59. The molecule has 29 heavy (non-hydrogen) atoms. The summed E-state index contributed by atoms with van der Waals surface area (Å²) in [4.78, 5) is 27.2. The predicted molar refractivity (Wildman–Crippen MR) is 116 cm³/mol. The smallest absolute Gasteiger partial charge is 0.340 e. The normalized spacial score (nSPS) is 16.4. The first-order valence-electron chi connectivity index (χ1n) is 10.4. The van der Waals surface area contributed by atoms with Gasteiger partial charge < -0.3 is 15.0 Å². The van der Waals surface area contributed by atoms with E-state index in [2.05, 4.69) is 25.2 Å². The quantitative estimate of drug-likeness (QED) is 0.701. The van der Waals surface area contributed by atoms with Gasteiger partial charge >= 0.3 is 5.97 Å². The van der Waals surface area contributed by atoms with Gasteiger partial charge in [-0.15, -0.1) is 0 Å². The molecule has 1 N–H and O–H groups in total. The summed E-state index contributed by atoms with van der Waals surface area (Å²) in [5.74, 6) is -0.596. The molecular weight excluding hydrogens is 364 g/mol. The lowest BCUT2D eigenvalue weighted by Crippen LogP contribution is -2.45. The first-order chi connectivity index (χ1) is 14.0. The topological polar surface area (TPSA) is 58.6 Å². The minimum Gasteiger partial charge on any atom is -0.452 e. The largest absolute Gasteiger partial charge is 0.452 e. The molecule has 0 radical (unpaired) electrons. The van der Waals surface area contributed by atoms with E-state index in [9.17, 15) is 9.59 Å². The number of aryl methyl sites for hydroxylation is 1. The Labute approximate surface area is 173 Å². The van der Waals surface area contributed by atoms with Crippen LogP contribution in [-0.2, 0) is 9.53 Å². The number of nitrogens with one attached hydrogen (secondary N) is 1. The number of carbonyl (C=O) groups is 2. The number of nitrogens with zero attached hydrogens (tertiary/aromatic N) is 1. The summed E-state index contributed by atoms with van der Waals surface area (Å²) in [6.07, 6.45) is 4.12. The van der Waals surface area contributed by atoms with Crippen LogP contribution in [0.1, 0.15) is 54.1 Å². The van der Waals surface area contributed by atoms with Crippen LogP contribution in [-0.4, -0.2) is 36.0 Å². The van der Waals surface area contributed by atoms with E-state index in [4.69, 9.17) is 4.74 Å². The van der Waals surface area contributed by atoms with Crippen molar-refractivity contribution < 1.29 is 14.3 Å². The molecule has 0 bridgehead atoms. The van der Waals surface area contributed by atoms with Crippen LogP contribution < -0.4 is 5.32 Å². The number of hydrogen-bond acceptors (Lipinski definition) is 4. The van der Waals surface area contributed by atoms with Gasteiger partial charge in [0, 0.05) is 18.3 Å². The number of anilines is 2. The molecule has 1 atom stereocenters. The molecule has 1 heterocycles.